The zero-order valence-electron chi connectivity index (χ0n) is 15.1. The van der Waals surface area contributed by atoms with E-state index in [4.69, 9.17) is 9.15 Å². The third kappa shape index (κ3) is 4.75. The van der Waals surface area contributed by atoms with Crippen molar-refractivity contribution in [1.82, 2.24) is 25.0 Å². The van der Waals surface area contributed by atoms with E-state index in [9.17, 15) is 13.2 Å². The molecule has 0 bridgehead atoms. The average Bonchev–Trinajstić information content (AvgIpc) is 3.24. The molecule has 2 aromatic rings. The second kappa shape index (κ2) is 7.53. The molecule has 0 saturated heterocycles. The highest BCUT2D eigenvalue weighted by Crippen LogP contribution is 2.38. The normalized spacial score (nSPS) is 19.0. The van der Waals surface area contributed by atoms with Crippen LogP contribution in [0.25, 0.3) is 0 Å². The van der Waals surface area contributed by atoms with Crippen LogP contribution in [0.2, 0.25) is 0 Å². The van der Waals surface area contributed by atoms with Gasteiger partial charge in [0.25, 0.3) is 0 Å². The second-order valence-corrected chi connectivity index (χ2v) is 6.68. The average molecular weight is 383 g/mol. The maximum absolute atomic E-state index is 13.3. The van der Waals surface area contributed by atoms with Crippen molar-refractivity contribution in [3.63, 3.8) is 0 Å². The van der Waals surface area contributed by atoms with Gasteiger partial charge in [0, 0.05) is 17.9 Å². The molecule has 0 N–H and O–H groups in total. The number of ether oxygens (including phenoxy) is 1. The molecule has 0 aliphatic heterocycles. The lowest BCUT2D eigenvalue weighted by molar-refractivity contribution is -0.0950. The number of nitrogens with zero attached hydrogens (tertiary/aromatic N) is 5. The maximum Gasteiger partial charge on any atom is 0.412 e. The summed E-state index contributed by atoms with van der Waals surface area (Å²) < 4.78 is 52.0. The molecule has 10 heteroatoms. The van der Waals surface area contributed by atoms with Crippen molar-refractivity contribution < 1.29 is 22.3 Å². The molecule has 2 aromatic heterocycles. The largest absolute Gasteiger partial charge is 0.491 e. The molecule has 0 radical (unpaired) electrons. The van der Waals surface area contributed by atoms with Gasteiger partial charge in [-0.25, -0.2) is 9.67 Å². The molecular weight excluding hydrogens is 363 g/mol. The molecule has 0 fully saturated rings. The minimum absolute atomic E-state index is 0.136. The molecule has 146 valence electrons. The topological polar surface area (TPSA) is 78.9 Å². The van der Waals surface area contributed by atoms with Crippen LogP contribution in [0.5, 0.6) is 0 Å². The van der Waals surface area contributed by atoms with Crippen molar-refractivity contribution in [3.05, 3.63) is 47.9 Å². The molecule has 1 aliphatic carbocycles. The zero-order valence-corrected chi connectivity index (χ0v) is 15.1. The molecule has 1 aliphatic rings. The first kappa shape index (κ1) is 19.1. The zero-order chi connectivity index (χ0) is 19.6. The molecule has 2 unspecified atom stereocenters. The number of rotatable bonds is 6. The van der Waals surface area contributed by atoms with E-state index in [0.29, 0.717) is 18.1 Å². The second-order valence-electron chi connectivity index (χ2n) is 6.68. The molecule has 27 heavy (non-hydrogen) atoms. The molecule has 7 nitrogen and oxygen atoms in total. The molecule has 0 aromatic carbocycles. The first-order valence-corrected chi connectivity index (χ1v) is 8.54. The van der Waals surface area contributed by atoms with E-state index in [1.807, 2.05) is 6.92 Å². The van der Waals surface area contributed by atoms with Gasteiger partial charge in [-0.3, -0.25) is 0 Å². The van der Waals surface area contributed by atoms with Crippen molar-refractivity contribution in [3.8, 4) is 0 Å². The molecular formula is C17H20F3N5O2. The summed E-state index contributed by atoms with van der Waals surface area (Å²) in [6, 6.07) is -0.136. The van der Waals surface area contributed by atoms with Gasteiger partial charge in [-0.1, -0.05) is 0 Å². The molecule has 0 spiro atoms. The van der Waals surface area contributed by atoms with Gasteiger partial charge in [-0.05, 0) is 39.3 Å². The molecule has 2 heterocycles. The van der Waals surface area contributed by atoms with Gasteiger partial charge in [-0.15, -0.1) is 10.2 Å². The monoisotopic (exact) mass is 383 g/mol. The predicted molar refractivity (Wildman–Crippen MR) is 88.5 cm³/mol. The van der Waals surface area contributed by atoms with Gasteiger partial charge < -0.3 is 9.15 Å². The van der Waals surface area contributed by atoms with Gasteiger partial charge in [0.15, 0.2) is 5.82 Å². The Labute approximate surface area is 153 Å². The van der Waals surface area contributed by atoms with E-state index in [-0.39, 0.29) is 24.3 Å². The quantitative estimate of drug-likeness (QED) is 0.756. The lowest BCUT2D eigenvalue weighted by Crippen LogP contribution is -2.19. The van der Waals surface area contributed by atoms with Gasteiger partial charge in [0.1, 0.15) is 12.1 Å². The summed E-state index contributed by atoms with van der Waals surface area (Å²) in [4.78, 5) is 4.21. The minimum Gasteiger partial charge on any atom is -0.491 e. The van der Waals surface area contributed by atoms with Crippen LogP contribution >= 0.6 is 0 Å². The van der Waals surface area contributed by atoms with Crippen molar-refractivity contribution in [2.45, 2.75) is 57.9 Å². The van der Waals surface area contributed by atoms with E-state index < -0.39 is 17.7 Å². The number of aromatic nitrogens is 5. The lowest BCUT2D eigenvalue weighted by Gasteiger charge is -2.23. The van der Waals surface area contributed by atoms with Crippen LogP contribution in [-0.2, 0) is 11.2 Å². The van der Waals surface area contributed by atoms with E-state index in [2.05, 4.69) is 20.3 Å². The Balaban J connectivity index is 1.80. The van der Waals surface area contributed by atoms with Gasteiger partial charge in [0.2, 0.25) is 12.3 Å². The van der Waals surface area contributed by atoms with Crippen molar-refractivity contribution in [2.75, 3.05) is 0 Å². The van der Waals surface area contributed by atoms with Gasteiger partial charge >= 0.3 is 6.18 Å². The third-order valence-corrected chi connectivity index (χ3v) is 4.04. The van der Waals surface area contributed by atoms with Crippen molar-refractivity contribution in [2.24, 2.45) is 0 Å². The Kier molecular flexibility index (Phi) is 5.33. The standard InChI is InChI=1S/C17H20F3N5O2/c1-10(2)27-14-6-12(5-13(7-14)17(18,19)20)16-21-8-25(24-16)11(3)4-15-23-22-9-26-15/h6-12H,4-5H2,1-3H3. The maximum atomic E-state index is 13.3. The molecule has 0 saturated carbocycles. The molecule has 2 atom stereocenters. The van der Waals surface area contributed by atoms with E-state index in [1.54, 1.807) is 24.6 Å². The molecule has 0 amide bonds. The Morgan fingerprint density at radius 2 is 2.11 bits per heavy atom. The summed E-state index contributed by atoms with van der Waals surface area (Å²) >= 11 is 0. The Hall–Kier alpha value is -2.65. The fourth-order valence-electron chi connectivity index (χ4n) is 2.78. The van der Waals surface area contributed by atoms with Crippen LogP contribution in [0, 0.1) is 0 Å². The Morgan fingerprint density at radius 1 is 1.33 bits per heavy atom. The lowest BCUT2D eigenvalue weighted by atomic mass is 9.92. The number of hydrogen-bond acceptors (Lipinski definition) is 6. The SMILES string of the molecule is CC(C)OC1=CC(c2ncn(C(C)Cc3nnco3)n2)CC(C(F)(F)F)=C1. The van der Waals surface area contributed by atoms with Crippen LogP contribution in [0.3, 0.4) is 0 Å². The summed E-state index contributed by atoms with van der Waals surface area (Å²) in [5.41, 5.74) is -0.652. The first-order valence-electron chi connectivity index (χ1n) is 8.54. The third-order valence-electron chi connectivity index (χ3n) is 4.04. The van der Waals surface area contributed by atoms with Gasteiger partial charge in [0.05, 0.1) is 12.1 Å². The Morgan fingerprint density at radius 3 is 2.74 bits per heavy atom. The fraction of sp³-hybridized carbons (Fsp3) is 0.529. The summed E-state index contributed by atoms with van der Waals surface area (Å²) in [5, 5.41) is 11.8. The highest BCUT2D eigenvalue weighted by molar-refractivity contribution is 5.32. The summed E-state index contributed by atoms with van der Waals surface area (Å²) in [6.45, 7) is 5.41. The van der Waals surface area contributed by atoms with Crippen LogP contribution in [0.1, 0.15) is 50.9 Å². The summed E-state index contributed by atoms with van der Waals surface area (Å²) in [5.74, 6) is 0.333. The smallest absolute Gasteiger partial charge is 0.412 e. The van der Waals surface area contributed by atoms with E-state index in [0.717, 1.165) is 6.08 Å². The summed E-state index contributed by atoms with van der Waals surface area (Å²) in [7, 11) is 0. The first-order chi connectivity index (χ1) is 12.7. The van der Waals surface area contributed by atoms with E-state index >= 15 is 0 Å². The van der Waals surface area contributed by atoms with Crippen molar-refractivity contribution in [1.29, 1.82) is 0 Å². The van der Waals surface area contributed by atoms with Crippen LogP contribution in [0.4, 0.5) is 13.2 Å². The number of allylic oxidation sites excluding steroid dienone is 3. The summed E-state index contributed by atoms with van der Waals surface area (Å²) in [6.07, 6.45) is 0.979. The number of alkyl halides is 3. The minimum atomic E-state index is -4.42. The highest BCUT2D eigenvalue weighted by atomic mass is 19.4. The molecule has 3 rings (SSSR count). The van der Waals surface area contributed by atoms with Crippen LogP contribution < -0.4 is 0 Å². The van der Waals surface area contributed by atoms with Crippen molar-refractivity contribution >= 4 is 0 Å². The predicted octanol–water partition coefficient (Wildman–Crippen LogP) is 3.75. The van der Waals surface area contributed by atoms with Crippen LogP contribution in [0.15, 0.2) is 40.6 Å². The van der Waals surface area contributed by atoms with Crippen LogP contribution in [-0.4, -0.2) is 37.2 Å². The Bertz CT molecular complexity index is 824. The highest BCUT2D eigenvalue weighted by Gasteiger charge is 2.38. The fourth-order valence-corrected chi connectivity index (χ4v) is 2.78. The van der Waals surface area contributed by atoms with E-state index in [1.165, 1.54) is 12.7 Å². The number of hydrogen-bond donors (Lipinski definition) is 0. The van der Waals surface area contributed by atoms with Gasteiger partial charge in [-0.2, -0.15) is 18.3 Å². The number of halogens is 3.